The number of aliphatic hydroxyl groups excluding tert-OH is 1. The first kappa shape index (κ1) is 21.5. The second kappa shape index (κ2) is 7.37. The third-order valence-electron chi connectivity index (χ3n) is 3.21. The Balaban J connectivity index is 3.13. The van der Waals surface area contributed by atoms with Crippen molar-refractivity contribution in [2.24, 2.45) is 0 Å². The number of hydrogen-bond donors (Lipinski definition) is 1. The van der Waals surface area contributed by atoms with Gasteiger partial charge in [-0.25, -0.2) is 0 Å². The summed E-state index contributed by atoms with van der Waals surface area (Å²) in [5, 5.41) is 10.5. The Morgan fingerprint density at radius 2 is 1.00 bits per heavy atom. The highest BCUT2D eigenvalue weighted by molar-refractivity contribution is 6.70. The van der Waals surface area contributed by atoms with Gasteiger partial charge in [-0.15, -0.1) is 0 Å². The van der Waals surface area contributed by atoms with E-state index in [1.807, 2.05) is 6.92 Å². The fraction of sp³-hybridized carbons (Fsp3) is 1.00. The van der Waals surface area contributed by atoms with Gasteiger partial charge in [0.2, 0.25) is 0 Å². The molecule has 1 rings (SSSR count). The molecule has 0 aromatic carbocycles. The van der Waals surface area contributed by atoms with Gasteiger partial charge >= 0.3 is 0 Å². The highest BCUT2D eigenvalue weighted by Crippen LogP contribution is 2.32. The molecule has 5 atom stereocenters. The summed E-state index contributed by atoms with van der Waals surface area (Å²) in [6.45, 7) is 21.2. The van der Waals surface area contributed by atoms with Crippen LogP contribution in [0, 0.1) is 0 Å². The van der Waals surface area contributed by atoms with Crippen molar-refractivity contribution in [2.45, 2.75) is 96.6 Å². The van der Waals surface area contributed by atoms with E-state index in [0.29, 0.717) is 0 Å². The SMILES string of the molecule is C[C@@H]1OC(O)[C@@H](O[Si](C)(C)C)[C@H](O[Si](C)(C)C)[C@@H]1O[Si](C)(C)C. The van der Waals surface area contributed by atoms with Gasteiger partial charge in [-0.05, 0) is 65.8 Å². The molecular formula is C15H36O5Si3. The first-order chi connectivity index (χ1) is 10.1. The fourth-order valence-electron chi connectivity index (χ4n) is 2.64. The molecule has 23 heavy (non-hydrogen) atoms. The molecular weight excluding hydrogens is 344 g/mol. The van der Waals surface area contributed by atoms with Crippen molar-refractivity contribution in [3.63, 3.8) is 0 Å². The Bertz CT molecular complexity index is 358. The summed E-state index contributed by atoms with van der Waals surface area (Å²) < 4.78 is 24.8. The molecule has 0 radical (unpaired) electrons. The lowest BCUT2D eigenvalue weighted by Gasteiger charge is -2.48. The van der Waals surface area contributed by atoms with Crippen LogP contribution >= 0.6 is 0 Å². The van der Waals surface area contributed by atoms with E-state index in [1.54, 1.807) is 0 Å². The molecule has 1 fully saturated rings. The smallest absolute Gasteiger partial charge is 0.184 e. The Morgan fingerprint density at radius 3 is 1.39 bits per heavy atom. The molecule has 5 nitrogen and oxygen atoms in total. The van der Waals surface area contributed by atoms with Gasteiger partial charge in [0.05, 0.1) is 12.2 Å². The molecule has 1 heterocycles. The normalized spacial score (nSPS) is 33.8. The molecule has 1 aliphatic heterocycles. The fourth-order valence-corrected chi connectivity index (χ4v) is 5.93. The van der Waals surface area contributed by atoms with E-state index in [9.17, 15) is 5.11 Å². The van der Waals surface area contributed by atoms with Crippen LogP contribution in [0.2, 0.25) is 58.9 Å². The van der Waals surface area contributed by atoms with E-state index in [2.05, 4.69) is 58.9 Å². The van der Waals surface area contributed by atoms with Crippen LogP contribution in [0.15, 0.2) is 0 Å². The minimum atomic E-state index is -1.86. The zero-order valence-electron chi connectivity index (χ0n) is 16.5. The maximum Gasteiger partial charge on any atom is 0.184 e. The van der Waals surface area contributed by atoms with Crippen molar-refractivity contribution in [3.8, 4) is 0 Å². The number of rotatable bonds is 6. The van der Waals surface area contributed by atoms with Crippen molar-refractivity contribution in [3.05, 3.63) is 0 Å². The molecule has 0 bridgehead atoms. The van der Waals surface area contributed by atoms with Gasteiger partial charge < -0.3 is 23.1 Å². The summed E-state index contributed by atoms with van der Waals surface area (Å²) in [5.74, 6) is 0. The van der Waals surface area contributed by atoms with Gasteiger partial charge in [0.1, 0.15) is 12.2 Å². The van der Waals surface area contributed by atoms with Crippen molar-refractivity contribution in [1.82, 2.24) is 0 Å². The van der Waals surface area contributed by atoms with Crippen LogP contribution in [0.4, 0.5) is 0 Å². The number of aliphatic hydroxyl groups is 1. The molecule has 0 aromatic rings. The van der Waals surface area contributed by atoms with Crippen LogP contribution in [0.1, 0.15) is 6.92 Å². The van der Waals surface area contributed by atoms with Crippen LogP contribution in [0.5, 0.6) is 0 Å². The lowest BCUT2D eigenvalue weighted by atomic mass is 10.0. The highest BCUT2D eigenvalue weighted by atomic mass is 28.4. The molecule has 0 aliphatic carbocycles. The van der Waals surface area contributed by atoms with Gasteiger partial charge in [-0.1, -0.05) is 0 Å². The van der Waals surface area contributed by atoms with Gasteiger partial charge in [-0.2, -0.15) is 0 Å². The third kappa shape index (κ3) is 7.47. The highest BCUT2D eigenvalue weighted by Gasteiger charge is 2.49. The van der Waals surface area contributed by atoms with Crippen molar-refractivity contribution in [1.29, 1.82) is 0 Å². The minimum absolute atomic E-state index is 0.210. The number of hydrogen-bond acceptors (Lipinski definition) is 5. The Kier molecular flexibility index (Phi) is 6.88. The van der Waals surface area contributed by atoms with Crippen molar-refractivity contribution in [2.75, 3.05) is 0 Å². The van der Waals surface area contributed by atoms with Crippen molar-refractivity contribution < 1.29 is 23.1 Å². The molecule has 1 unspecified atom stereocenters. The molecule has 1 saturated heterocycles. The zero-order chi connectivity index (χ0) is 18.2. The Hall–Kier alpha value is 0.451. The summed E-state index contributed by atoms with van der Waals surface area (Å²) in [5.41, 5.74) is 0. The van der Waals surface area contributed by atoms with Crippen LogP contribution in [0.3, 0.4) is 0 Å². The van der Waals surface area contributed by atoms with Gasteiger partial charge in [-0.3, -0.25) is 0 Å². The average Bonchev–Trinajstić information content (AvgIpc) is 2.25. The largest absolute Gasteiger partial charge is 0.409 e. The summed E-state index contributed by atoms with van der Waals surface area (Å²) >= 11 is 0. The third-order valence-corrected chi connectivity index (χ3v) is 6.15. The lowest BCUT2D eigenvalue weighted by Crippen LogP contribution is -2.64. The molecule has 0 saturated carbocycles. The van der Waals surface area contributed by atoms with E-state index in [0.717, 1.165) is 0 Å². The Morgan fingerprint density at radius 1 is 0.652 bits per heavy atom. The van der Waals surface area contributed by atoms with Crippen LogP contribution in [-0.4, -0.2) is 60.8 Å². The number of ether oxygens (including phenoxy) is 1. The maximum absolute atomic E-state index is 10.5. The van der Waals surface area contributed by atoms with E-state index in [1.165, 1.54) is 0 Å². The summed E-state index contributed by atoms with van der Waals surface area (Å²) in [6, 6.07) is 0. The predicted octanol–water partition coefficient (Wildman–Crippen LogP) is 3.38. The molecule has 0 aromatic heterocycles. The van der Waals surface area contributed by atoms with Crippen LogP contribution < -0.4 is 0 Å². The standard InChI is InChI=1S/C15H36O5Si3/c1-11-12(18-21(2,3)4)13(19-22(5,6)7)14(15(16)17-11)20-23(8,9)10/h11-16H,1-10H3/t11-,12+,13+,14-,15?/m0/s1. The van der Waals surface area contributed by atoms with Gasteiger partial charge in [0, 0.05) is 0 Å². The maximum atomic E-state index is 10.5. The predicted molar refractivity (Wildman–Crippen MR) is 101 cm³/mol. The van der Waals surface area contributed by atoms with Crippen LogP contribution in [0.25, 0.3) is 0 Å². The molecule has 138 valence electrons. The minimum Gasteiger partial charge on any atom is -0.409 e. The lowest BCUT2D eigenvalue weighted by molar-refractivity contribution is -0.266. The molecule has 8 heteroatoms. The summed E-state index contributed by atoms with van der Waals surface area (Å²) in [6.07, 6.45) is -2.19. The van der Waals surface area contributed by atoms with E-state index in [-0.39, 0.29) is 18.3 Å². The first-order valence-electron chi connectivity index (χ1n) is 8.46. The summed E-state index contributed by atoms with van der Waals surface area (Å²) in [4.78, 5) is 0. The molecule has 1 N–H and O–H groups in total. The second-order valence-electron chi connectivity index (χ2n) is 9.32. The monoisotopic (exact) mass is 380 g/mol. The quantitative estimate of drug-likeness (QED) is 0.716. The van der Waals surface area contributed by atoms with Crippen molar-refractivity contribution >= 4 is 25.0 Å². The first-order valence-corrected chi connectivity index (χ1v) is 18.7. The van der Waals surface area contributed by atoms with Gasteiger partial charge in [0.25, 0.3) is 0 Å². The Labute approximate surface area is 145 Å². The molecule has 0 amide bonds. The second-order valence-corrected chi connectivity index (χ2v) is 22.7. The van der Waals surface area contributed by atoms with E-state index in [4.69, 9.17) is 18.0 Å². The van der Waals surface area contributed by atoms with Crippen LogP contribution in [-0.2, 0) is 18.0 Å². The van der Waals surface area contributed by atoms with E-state index >= 15 is 0 Å². The van der Waals surface area contributed by atoms with E-state index < -0.39 is 37.3 Å². The zero-order valence-corrected chi connectivity index (χ0v) is 19.5. The topological polar surface area (TPSA) is 57.2 Å². The summed E-state index contributed by atoms with van der Waals surface area (Å²) in [7, 11) is -5.48. The molecule has 0 spiro atoms. The van der Waals surface area contributed by atoms with Gasteiger partial charge in [0.15, 0.2) is 31.2 Å². The average molecular weight is 381 g/mol. The molecule has 1 aliphatic rings.